The van der Waals surface area contributed by atoms with E-state index < -0.39 is 10.0 Å². The Labute approximate surface area is 127 Å². The molecule has 0 aliphatic carbocycles. The Balaban J connectivity index is 2.22. The molecule has 1 aliphatic heterocycles. The Bertz CT molecular complexity index is 522. The van der Waals surface area contributed by atoms with Crippen molar-refractivity contribution in [3.05, 3.63) is 27.7 Å². The van der Waals surface area contributed by atoms with Crippen molar-refractivity contribution in [1.29, 1.82) is 0 Å². The Morgan fingerprint density at radius 2 is 2.16 bits per heavy atom. The summed E-state index contributed by atoms with van der Waals surface area (Å²) in [5, 5.41) is 3.45. The van der Waals surface area contributed by atoms with Crippen LogP contribution in [0.1, 0.15) is 19.3 Å². The first-order valence-corrected chi connectivity index (χ1v) is 8.83. The molecule has 0 saturated carbocycles. The first-order chi connectivity index (χ1) is 9.00. The largest absolute Gasteiger partial charge is 0.315 e. The van der Waals surface area contributed by atoms with Gasteiger partial charge >= 0.3 is 0 Å². The summed E-state index contributed by atoms with van der Waals surface area (Å²) in [6, 6.07) is 4.87. The lowest BCUT2D eigenvalue weighted by atomic mass is 10.2. The molecule has 1 heterocycles. The van der Waals surface area contributed by atoms with Crippen LogP contribution in [0.3, 0.4) is 0 Å². The molecule has 1 aromatic rings. The van der Waals surface area contributed by atoms with Gasteiger partial charge in [-0.2, -0.15) is 0 Å². The average molecular weight is 368 g/mol. The molecule has 2 rings (SSSR count). The minimum absolute atomic E-state index is 0.0873. The zero-order valence-corrected chi connectivity index (χ0v) is 13.5. The maximum absolute atomic E-state index is 12.4. The monoisotopic (exact) mass is 366 g/mol. The van der Waals surface area contributed by atoms with Gasteiger partial charge in [-0.05, 0) is 47.4 Å². The average Bonchev–Trinajstić information content (AvgIpc) is 2.56. The summed E-state index contributed by atoms with van der Waals surface area (Å²) in [6.45, 7) is 1.59. The lowest BCUT2D eigenvalue weighted by Gasteiger charge is -2.17. The van der Waals surface area contributed by atoms with Gasteiger partial charge in [0, 0.05) is 17.1 Å². The van der Waals surface area contributed by atoms with Crippen LogP contribution in [0.25, 0.3) is 0 Å². The number of hydrogen-bond donors (Lipinski definition) is 2. The summed E-state index contributed by atoms with van der Waals surface area (Å²) in [5.41, 5.74) is 0. The summed E-state index contributed by atoms with van der Waals surface area (Å²) in [6.07, 6.45) is 2.94. The Kier molecular flexibility index (Phi) is 5.25. The number of rotatable bonds is 3. The molecule has 1 aromatic carbocycles. The third-order valence-electron chi connectivity index (χ3n) is 3.06. The molecule has 1 unspecified atom stereocenters. The predicted octanol–water partition coefficient (Wildman–Crippen LogP) is 2.52. The first kappa shape index (κ1) is 15.3. The van der Waals surface area contributed by atoms with Crippen LogP contribution in [0.15, 0.2) is 27.6 Å². The summed E-state index contributed by atoms with van der Waals surface area (Å²) in [4.78, 5) is 0.112. The highest BCUT2D eigenvalue weighted by Gasteiger charge is 2.25. The van der Waals surface area contributed by atoms with Gasteiger partial charge in [-0.15, -0.1) is 0 Å². The summed E-state index contributed by atoms with van der Waals surface area (Å²) >= 11 is 9.24. The highest BCUT2D eigenvalue weighted by atomic mass is 79.9. The van der Waals surface area contributed by atoms with Crippen molar-refractivity contribution in [3.63, 3.8) is 0 Å². The van der Waals surface area contributed by atoms with E-state index in [1.807, 2.05) is 0 Å². The van der Waals surface area contributed by atoms with Crippen molar-refractivity contribution in [3.8, 4) is 0 Å². The molecular formula is C12H16BrClN2O2S. The summed E-state index contributed by atoms with van der Waals surface area (Å²) in [5.74, 6) is 0. The quantitative estimate of drug-likeness (QED) is 0.863. The lowest BCUT2D eigenvalue weighted by Crippen LogP contribution is -2.40. The topological polar surface area (TPSA) is 58.2 Å². The van der Waals surface area contributed by atoms with Gasteiger partial charge in [0.2, 0.25) is 10.0 Å². The van der Waals surface area contributed by atoms with Gasteiger partial charge in [0.05, 0.1) is 5.02 Å². The molecule has 0 aromatic heterocycles. The molecule has 7 heteroatoms. The second kappa shape index (κ2) is 6.54. The molecule has 1 saturated heterocycles. The molecule has 106 valence electrons. The Morgan fingerprint density at radius 1 is 1.37 bits per heavy atom. The van der Waals surface area contributed by atoms with Crippen molar-refractivity contribution in [2.45, 2.75) is 30.2 Å². The number of nitrogens with one attached hydrogen (secondary N) is 2. The van der Waals surface area contributed by atoms with E-state index in [0.29, 0.717) is 11.0 Å². The van der Waals surface area contributed by atoms with Crippen LogP contribution in [0.2, 0.25) is 5.02 Å². The van der Waals surface area contributed by atoms with Crippen LogP contribution in [-0.4, -0.2) is 27.5 Å². The second-order valence-corrected chi connectivity index (χ2v) is 7.48. The Morgan fingerprint density at radius 3 is 2.89 bits per heavy atom. The molecule has 4 nitrogen and oxygen atoms in total. The fourth-order valence-corrected chi connectivity index (χ4v) is 5.14. The van der Waals surface area contributed by atoms with E-state index in [1.165, 1.54) is 0 Å². The van der Waals surface area contributed by atoms with Gasteiger partial charge in [-0.1, -0.05) is 24.1 Å². The first-order valence-electron chi connectivity index (χ1n) is 6.18. The highest BCUT2D eigenvalue weighted by molar-refractivity contribution is 9.10. The van der Waals surface area contributed by atoms with Gasteiger partial charge in [0.1, 0.15) is 4.90 Å². The van der Waals surface area contributed by atoms with Crippen LogP contribution in [0.5, 0.6) is 0 Å². The molecule has 0 amide bonds. The zero-order chi connectivity index (χ0) is 13.9. The van der Waals surface area contributed by atoms with Crippen molar-refractivity contribution < 1.29 is 8.42 Å². The van der Waals surface area contributed by atoms with Crippen molar-refractivity contribution in [2.75, 3.05) is 13.1 Å². The molecule has 2 N–H and O–H groups in total. The number of hydrogen-bond acceptors (Lipinski definition) is 3. The van der Waals surface area contributed by atoms with Crippen molar-refractivity contribution in [2.24, 2.45) is 0 Å². The van der Waals surface area contributed by atoms with Crippen LogP contribution in [-0.2, 0) is 10.0 Å². The van der Waals surface area contributed by atoms with Crippen LogP contribution < -0.4 is 10.0 Å². The number of halogens is 2. The second-order valence-electron chi connectivity index (χ2n) is 4.57. The summed E-state index contributed by atoms with van der Waals surface area (Å²) < 4.78 is 28.0. The molecule has 1 fully saturated rings. The normalized spacial score (nSPS) is 21.1. The molecule has 1 aliphatic rings. The third-order valence-corrected chi connectivity index (χ3v) is 6.03. The van der Waals surface area contributed by atoms with E-state index in [4.69, 9.17) is 11.6 Å². The highest BCUT2D eigenvalue weighted by Crippen LogP contribution is 2.29. The fraction of sp³-hybridized carbons (Fsp3) is 0.500. The molecule has 1 atom stereocenters. The van der Waals surface area contributed by atoms with Crippen molar-refractivity contribution >= 4 is 37.6 Å². The van der Waals surface area contributed by atoms with Gasteiger partial charge in [-0.25, -0.2) is 13.1 Å². The van der Waals surface area contributed by atoms with Crippen LogP contribution in [0, 0.1) is 0 Å². The molecule has 0 radical (unpaired) electrons. The van der Waals surface area contributed by atoms with Gasteiger partial charge in [0.25, 0.3) is 0 Å². The Hall–Kier alpha value is -0.140. The molecule has 0 spiro atoms. The molecular weight excluding hydrogens is 352 g/mol. The maximum atomic E-state index is 12.4. The van der Waals surface area contributed by atoms with Crippen LogP contribution in [0.4, 0.5) is 0 Å². The van der Waals surface area contributed by atoms with E-state index in [2.05, 4.69) is 26.0 Å². The van der Waals surface area contributed by atoms with Gasteiger partial charge in [0.15, 0.2) is 0 Å². The van der Waals surface area contributed by atoms with Crippen molar-refractivity contribution in [1.82, 2.24) is 10.0 Å². The lowest BCUT2D eigenvalue weighted by molar-refractivity contribution is 0.521. The zero-order valence-electron chi connectivity index (χ0n) is 10.3. The third kappa shape index (κ3) is 3.92. The standard InChI is InChI=1S/C12H16BrClN2O2S/c13-10-5-3-6-11(14)12(10)19(17,18)16-9-4-1-2-7-15-8-9/h3,5-6,9,15-16H,1-2,4,7-8H2. The van der Waals surface area contributed by atoms with E-state index in [-0.39, 0.29) is 16.0 Å². The maximum Gasteiger partial charge on any atom is 0.243 e. The molecule has 19 heavy (non-hydrogen) atoms. The predicted molar refractivity (Wildman–Crippen MR) is 80.0 cm³/mol. The van der Waals surface area contributed by atoms with Gasteiger partial charge < -0.3 is 5.32 Å². The summed E-state index contributed by atoms with van der Waals surface area (Å²) in [7, 11) is -3.61. The van der Waals surface area contributed by atoms with Gasteiger partial charge in [-0.3, -0.25) is 0 Å². The van der Waals surface area contributed by atoms with Crippen LogP contribution >= 0.6 is 27.5 Å². The SMILES string of the molecule is O=S(=O)(NC1CCCCNC1)c1c(Cl)cccc1Br. The van der Waals surface area contributed by atoms with E-state index in [1.54, 1.807) is 18.2 Å². The number of sulfonamides is 1. The van der Waals surface area contributed by atoms with E-state index >= 15 is 0 Å². The van der Waals surface area contributed by atoms with E-state index in [9.17, 15) is 8.42 Å². The van der Waals surface area contributed by atoms with E-state index in [0.717, 1.165) is 25.8 Å². The minimum atomic E-state index is -3.61. The smallest absolute Gasteiger partial charge is 0.243 e. The molecule has 0 bridgehead atoms. The minimum Gasteiger partial charge on any atom is -0.315 e. The number of benzene rings is 1. The fourth-order valence-electron chi connectivity index (χ4n) is 2.14.